The summed E-state index contributed by atoms with van der Waals surface area (Å²) < 4.78 is 0. The van der Waals surface area contributed by atoms with Crippen molar-refractivity contribution >= 4 is 17.1 Å². The number of thiophene rings is 1. The molecule has 1 fully saturated rings. The first-order valence-electron chi connectivity index (χ1n) is 6.29. The van der Waals surface area contributed by atoms with Gasteiger partial charge in [-0.25, -0.2) is 0 Å². The molecular weight excluding hydrogens is 232 g/mol. The van der Waals surface area contributed by atoms with Crippen LogP contribution >= 0.6 is 11.3 Å². The average Bonchev–Trinajstić information content (AvgIpc) is 2.80. The lowest BCUT2D eigenvalue weighted by molar-refractivity contribution is 0.0673. The van der Waals surface area contributed by atoms with Gasteiger partial charge in [0.05, 0.1) is 6.04 Å². The quantitative estimate of drug-likeness (QED) is 0.754. The summed E-state index contributed by atoms with van der Waals surface area (Å²) in [5, 5.41) is 2.05. The minimum atomic E-state index is 0.144. The third-order valence-corrected chi connectivity index (χ3v) is 4.92. The monoisotopic (exact) mass is 250 g/mol. The number of aryl methyl sites for hydroxylation is 1. The molecule has 0 spiro atoms. The molecule has 1 aromatic heterocycles. The van der Waals surface area contributed by atoms with Gasteiger partial charge in [0.2, 0.25) is 0 Å². The van der Waals surface area contributed by atoms with Crippen LogP contribution in [0.15, 0.2) is 11.4 Å². The summed E-state index contributed by atoms with van der Waals surface area (Å²) >= 11 is 1.73. The maximum atomic E-state index is 12.4. The minimum absolute atomic E-state index is 0.144. The van der Waals surface area contributed by atoms with Gasteiger partial charge in [-0.15, -0.1) is 11.3 Å². The first-order chi connectivity index (χ1) is 8.25. The molecule has 0 saturated carbocycles. The van der Waals surface area contributed by atoms with Crippen molar-refractivity contribution in [1.82, 2.24) is 9.80 Å². The molecule has 3 nitrogen and oxygen atoms in total. The zero-order valence-electron chi connectivity index (χ0n) is 10.2. The second-order valence-electron chi connectivity index (χ2n) is 5.02. The van der Waals surface area contributed by atoms with E-state index < -0.39 is 0 Å². The second kappa shape index (κ2) is 4.52. The summed E-state index contributed by atoms with van der Waals surface area (Å²) in [4.78, 5) is 18.4. The van der Waals surface area contributed by atoms with E-state index in [2.05, 4.69) is 22.2 Å². The van der Waals surface area contributed by atoms with Crippen molar-refractivity contribution in [2.45, 2.75) is 18.9 Å². The molecule has 92 valence electrons. The first-order valence-corrected chi connectivity index (χ1v) is 7.17. The van der Waals surface area contributed by atoms with E-state index in [0.29, 0.717) is 5.78 Å². The van der Waals surface area contributed by atoms with Crippen LogP contribution < -0.4 is 0 Å². The number of carbonyl (C=O) groups excluding carboxylic acids is 1. The number of hydrogen-bond acceptors (Lipinski definition) is 4. The van der Waals surface area contributed by atoms with Crippen LogP contribution in [0.5, 0.6) is 0 Å². The molecule has 1 unspecified atom stereocenters. The molecule has 0 bridgehead atoms. The Balaban J connectivity index is 1.76. The van der Waals surface area contributed by atoms with E-state index in [1.807, 2.05) is 6.07 Å². The van der Waals surface area contributed by atoms with Gasteiger partial charge in [-0.1, -0.05) is 0 Å². The molecule has 1 aromatic rings. The van der Waals surface area contributed by atoms with Crippen LogP contribution in [0.1, 0.15) is 21.7 Å². The first kappa shape index (κ1) is 11.4. The van der Waals surface area contributed by atoms with Crippen LogP contribution in [0, 0.1) is 0 Å². The van der Waals surface area contributed by atoms with Crippen molar-refractivity contribution in [3.63, 3.8) is 0 Å². The van der Waals surface area contributed by atoms with Crippen molar-refractivity contribution in [2.75, 3.05) is 33.2 Å². The summed E-state index contributed by atoms with van der Waals surface area (Å²) in [5.74, 6) is 0.358. The normalized spacial score (nSPS) is 27.1. The maximum Gasteiger partial charge on any atom is 0.181 e. The predicted octanol–water partition coefficient (Wildman–Crippen LogP) is 1.49. The van der Waals surface area contributed by atoms with Gasteiger partial charge < -0.3 is 4.90 Å². The number of nitrogens with zero attached hydrogens (tertiary/aromatic N) is 2. The molecule has 1 aliphatic heterocycles. The van der Waals surface area contributed by atoms with Crippen LogP contribution in [-0.4, -0.2) is 54.9 Å². The van der Waals surface area contributed by atoms with Crippen molar-refractivity contribution < 1.29 is 4.79 Å². The minimum Gasteiger partial charge on any atom is -0.304 e. The van der Waals surface area contributed by atoms with E-state index in [1.54, 1.807) is 11.3 Å². The number of fused-ring (bicyclic) bond motifs is 1. The zero-order valence-corrected chi connectivity index (χ0v) is 11.0. The molecular formula is C13H18N2OS. The highest BCUT2D eigenvalue weighted by Crippen LogP contribution is 2.28. The molecule has 4 heteroatoms. The highest BCUT2D eigenvalue weighted by Gasteiger charge is 2.33. The van der Waals surface area contributed by atoms with E-state index in [9.17, 15) is 4.79 Å². The highest BCUT2D eigenvalue weighted by atomic mass is 32.1. The Morgan fingerprint density at radius 3 is 2.82 bits per heavy atom. The number of Topliss-reactive ketones (excluding diaryl/α,β-unsaturated/α-hetero) is 1. The number of rotatable bonds is 1. The fraction of sp³-hybridized carbons (Fsp3) is 0.615. The van der Waals surface area contributed by atoms with Crippen LogP contribution in [0.4, 0.5) is 0 Å². The molecule has 17 heavy (non-hydrogen) atoms. The SMILES string of the molecule is CN1CCN(C2CCc3sccc3C2=O)CC1. The molecule has 2 heterocycles. The number of likely N-dealkylation sites (N-methyl/N-ethyl adjacent to an activating group) is 1. The van der Waals surface area contributed by atoms with Crippen LogP contribution in [0.2, 0.25) is 0 Å². The summed E-state index contributed by atoms with van der Waals surface area (Å²) in [7, 11) is 2.15. The molecule has 0 amide bonds. The molecule has 0 aromatic carbocycles. The van der Waals surface area contributed by atoms with Gasteiger partial charge in [0, 0.05) is 36.6 Å². The fourth-order valence-corrected chi connectivity index (χ4v) is 3.71. The van der Waals surface area contributed by atoms with Gasteiger partial charge in [0.25, 0.3) is 0 Å². The Morgan fingerprint density at radius 2 is 2.06 bits per heavy atom. The lowest BCUT2D eigenvalue weighted by atomic mass is 9.91. The lowest BCUT2D eigenvalue weighted by Crippen LogP contribution is -2.52. The average molecular weight is 250 g/mol. The topological polar surface area (TPSA) is 23.6 Å². The molecule has 3 rings (SSSR count). The lowest BCUT2D eigenvalue weighted by Gasteiger charge is -2.38. The fourth-order valence-electron chi connectivity index (χ4n) is 2.81. The van der Waals surface area contributed by atoms with Gasteiger partial charge in [0.1, 0.15) is 0 Å². The molecule has 0 N–H and O–H groups in total. The van der Waals surface area contributed by atoms with E-state index in [4.69, 9.17) is 0 Å². The van der Waals surface area contributed by atoms with Gasteiger partial charge in [-0.05, 0) is 31.3 Å². The Hall–Kier alpha value is -0.710. The Kier molecular flexibility index (Phi) is 3.03. The van der Waals surface area contributed by atoms with E-state index in [0.717, 1.165) is 44.6 Å². The Labute approximate surface area is 106 Å². The predicted molar refractivity (Wildman–Crippen MR) is 69.8 cm³/mol. The number of carbonyl (C=O) groups is 1. The third-order valence-electron chi connectivity index (χ3n) is 3.94. The molecule has 0 radical (unpaired) electrons. The second-order valence-corrected chi connectivity index (χ2v) is 6.02. The largest absolute Gasteiger partial charge is 0.304 e. The van der Waals surface area contributed by atoms with Crippen LogP contribution in [0.3, 0.4) is 0 Å². The highest BCUT2D eigenvalue weighted by molar-refractivity contribution is 7.10. The Morgan fingerprint density at radius 1 is 1.29 bits per heavy atom. The zero-order chi connectivity index (χ0) is 11.8. The van der Waals surface area contributed by atoms with E-state index in [1.165, 1.54) is 4.88 Å². The maximum absolute atomic E-state index is 12.4. The molecule has 2 aliphatic rings. The number of ketones is 1. The van der Waals surface area contributed by atoms with Crippen LogP contribution in [-0.2, 0) is 6.42 Å². The van der Waals surface area contributed by atoms with Crippen molar-refractivity contribution in [3.05, 3.63) is 21.9 Å². The van der Waals surface area contributed by atoms with Crippen molar-refractivity contribution in [1.29, 1.82) is 0 Å². The number of hydrogen-bond donors (Lipinski definition) is 0. The smallest absolute Gasteiger partial charge is 0.181 e. The van der Waals surface area contributed by atoms with Gasteiger partial charge in [-0.2, -0.15) is 0 Å². The van der Waals surface area contributed by atoms with Crippen LogP contribution in [0.25, 0.3) is 0 Å². The standard InChI is InChI=1S/C13H18N2OS/c1-14-5-7-15(8-6-14)11-2-3-12-10(13(11)16)4-9-17-12/h4,9,11H,2-3,5-8H2,1H3. The molecule has 1 atom stereocenters. The molecule has 1 aliphatic carbocycles. The summed E-state index contributed by atoms with van der Waals surface area (Å²) in [6, 6.07) is 2.15. The Bertz CT molecular complexity index is 421. The number of piperazine rings is 1. The summed E-state index contributed by atoms with van der Waals surface area (Å²) in [5.41, 5.74) is 0.991. The van der Waals surface area contributed by atoms with Gasteiger partial charge in [0.15, 0.2) is 5.78 Å². The van der Waals surface area contributed by atoms with Gasteiger partial charge >= 0.3 is 0 Å². The third kappa shape index (κ3) is 2.05. The van der Waals surface area contributed by atoms with Crippen molar-refractivity contribution in [3.8, 4) is 0 Å². The summed E-state index contributed by atoms with van der Waals surface area (Å²) in [6.07, 6.45) is 2.09. The van der Waals surface area contributed by atoms with E-state index >= 15 is 0 Å². The van der Waals surface area contributed by atoms with Gasteiger partial charge in [-0.3, -0.25) is 9.69 Å². The van der Waals surface area contributed by atoms with E-state index in [-0.39, 0.29) is 6.04 Å². The van der Waals surface area contributed by atoms with Crippen molar-refractivity contribution in [2.24, 2.45) is 0 Å². The molecule has 1 saturated heterocycles. The summed E-state index contributed by atoms with van der Waals surface area (Å²) in [6.45, 7) is 4.24.